The van der Waals surface area contributed by atoms with Crippen molar-refractivity contribution < 1.29 is 0 Å². The van der Waals surface area contributed by atoms with Crippen molar-refractivity contribution in [2.24, 2.45) is 0 Å². The van der Waals surface area contributed by atoms with Crippen LogP contribution in [0.4, 0.5) is 0 Å². The molecule has 0 aliphatic heterocycles. The molecule has 4 heterocycles. The van der Waals surface area contributed by atoms with Gasteiger partial charge in [-0.1, -0.05) is 18.2 Å². The molecule has 0 atom stereocenters. The highest BCUT2D eigenvalue weighted by molar-refractivity contribution is 7.22. The van der Waals surface area contributed by atoms with E-state index in [-0.39, 0.29) is 0 Å². The molecule has 23 heavy (non-hydrogen) atoms. The Kier molecular flexibility index (Phi) is 2.66. The van der Waals surface area contributed by atoms with Gasteiger partial charge in [0.25, 0.3) is 0 Å². The summed E-state index contributed by atoms with van der Waals surface area (Å²) in [6, 6.07) is 18.5. The van der Waals surface area contributed by atoms with Crippen molar-refractivity contribution in [2.45, 2.75) is 0 Å². The number of pyridine rings is 3. The highest BCUT2D eigenvalue weighted by Crippen LogP contribution is 2.36. The Bertz CT molecular complexity index is 1140. The number of hydrogen-bond acceptors (Lipinski definition) is 4. The summed E-state index contributed by atoms with van der Waals surface area (Å²) in [5.41, 5.74) is 3.65. The van der Waals surface area contributed by atoms with Gasteiger partial charge in [0, 0.05) is 22.5 Å². The normalized spacial score (nSPS) is 11.5. The molecule has 4 aromatic heterocycles. The van der Waals surface area contributed by atoms with E-state index in [0.717, 1.165) is 32.5 Å². The Morgan fingerprint density at radius 3 is 2.52 bits per heavy atom. The third-order valence-electron chi connectivity index (χ3n) is 3.96. The molecular weight excluding hydrogens is 302 g/mol. The van der Waals surface area contributed by atoms with Gasteiger partial charge in [0.1, 0.15) is 5.69 Å². The molecule has 5 rings (SSSR count). The van der Waals surface area contributed by atoms with Gasteiger partial charge < -0.3 is 0 Å². The molecule has 0 radical (unpaired) electrons. The van der Waals surface area contributed by atoms with Gasteiger partial charge in [0.15, 0.2) is 0 Å². The van der Waals surface area contributed by atoms with Crippen LogP contribution in [0.1, 0.15) is 0 Å². The summed E-state index contributed by atoms with van der Waals surface area (Å²) in [6.45, 7) is 0. The second kappa shape index (κ2) is 4.83. The fourth-order valence-electron chi connectivity index (χ4n) is 2.92. The van der Waals surface area contributed by atoms with Crippen LogP contribution in [0, 0.1) is 0 Å². The van der Waals surface area contributed by atoms with Crippen LogP contribution in [0.15, 0.2) is 67.0 Å². The van der Waals surface area contributed by atoms with Gasteiger partial charge in [0.2, 0.25) is 0 Å². The van der Waals surface area contributed by atoms with E-state index in [9.17, 15) is 0 Å². The summed E-state index contributed by atoms with van der Waals surface area (Å²) >= 11 is 1.75. The quantitative estimate of drug-likeness (QED) is 0.406. The highest BCUT2D eigenvalue weighted by atomic mass is 32.1. The van der Waals surface area contributed by atoms with E-state index < -0.39 is 0 Å². The van der Waals surface area contributed by atoms with Gasteiger partial charge in [-0.05, 0) is 41.8 Å². The number of benzene rings is 1. The minimum Gasteiger partial charge on any atom is -0.254 e. The Morgan fingerprint density at radius 1 is 0.783 bits per heavy atom. The van der Waals surface area contributed by atoms with E-state index in [2.05, 4.69) is 46.4 Å². The SMILES string of the molecule is c1ccc2sc(-c3nc4cccnc4c4cccnc34)cc2c1. The smallest absolute Gasteiger partial charge is 0.107 e. The number of nitrogens with zero attached hydrogens (tertiary/aromatic N) is 3. The molecule has 0 aliphatic carbocycles. The van der Waals surface area contributed by atoms with Crippen molar-refractivity contribution in [3.05, 3.63) is 67.0 Å². The highest BCUT2D eigenvalue weighted by Gasteiger charge is 2.13. The number of thiophene rings is 1. The van der Waals surface area contributed by atoms with Crippen molar-refractivity contribution in [2.75, 3.05) is 0 Å². The molecule has 0 bridgehead atoms. The molecule has 0 spiro atoms. The molecule has 108 valence electrons. The van der Waals surface area contributed by atoms with Crippen LogP contribution in [0.3, 0.4) is 0 Å². The average Bonchev–Trinajstić information content (AvgIpc) is 3.05. The lowest BCUT2D eigenvalue weighted by molar-refractivity contribution is 1.33. The Hall–Kier alpha value is -2.85. The van der Waals surface area contributed by atoms with Crippen LogP contribution in [-0.4, -0.2) is 15.0 Å². The first kappa shape index (κ1) is 12.7. The first-order chi connectivity index (χ1) is 11.4. The Labute approximate surface area is 136 Å². The van der Waals surface area contributed by atoms with Crippen molar-refractivity contribution in [3.8, 4) is 10.6 Å². The molecule has 0 fully saturated rings. The zero-order valence-electron chi connectivity index (χ0n) is 12.1. The largest absolute Gasteiger partial charge is 0.254 e. The Morgan fingerprint density at radius 2 is 1.61 bits per heavy atom. The maximum atomic E-state index is 4.85. The van der Waals surface area contributed by atoms with Crippen LogP contribution in [0.2, 0.25) is 0 Å². The van der Waals surface area contributed by atoms with Crippen molar-refractivity contribution >= 4 is 43.4 Å². The van der Waals surface area contributed by atoms with Crippen LogP contribution < -0.4 is 0 Å². The number of aromatic nitrogens is 3. The summed E-state index contributed by atoms with van der Waals surface area (Å²) in [6.07, 6.45) is 3.62. The van der Waals surface area contributed by atoms with Gasteiger partial charge in [-0.15, -0.1) is 11.3 Å². The summed E-state index contributed by atoms with van der Waals surface area (Å²) in [7, 11) is 0. The van der Waals surface area contributed by atoms with Crippen molar-refractivity contribution in [1.82, 2.24) is 15.0 Å². The van der Waals surface area contributed by atoms with E-state index in [1.54, 1.807) is 17.5 Å². The Balaban J connectivity index is 1.92. The summed E-state index contributed by atoms with van der Waals surface area (Å²) in [4.78, 5) is 15.1. The summed E-state index contributed by atoms with van der Waals surface area (Å²) in [5, 5.41) is 2.29. The fraction of sp³-hybridized carbons (Fsp3) is 0. The molecular formula is C19H11N3S. The van der Waals surface area contributed by atoms with E-state index in [1.807, 2.05) is 24.4 Å². The number of rotatable bonds is 1. The van der Waals surface area contributed by atoms with Gasteiger partial charge in [-0.25, -0.2) is 4.98 Å². The van der Waals surface area contributed by atoms with Gasteiger partial charge >= 0.3 is 0 Å². The lowest BCUT2D eigenvalue weighted by Crippen LogP contribution is -1.91. The molecule has 0 saturated carbocycles. The molecule has 3 nitrogen and oxygen atoms in total. The fourth-order valence-corrected chi connectivity index (χ4v) is 3.98. The van der Waals surface area contributed by atoms with Crippen LogP contribution in [0.5, 0.6) is 0 Å². The maximum Gasteiger partial charge on any atom is 0.107 e. The zero-order valence-corrected chi connectivity index (χ0v) is 12.9. The standard InChI is InChI=1S/C19H11N3S/c1-2-8-15-12(5-1)11-16(23-15)19-18-13(6-3-9-21-18)17-14(22-19)7-4-10-20-17/h1-11H. The molecule has 4 heteroatoms. The second-order valence-corrected chi connectivity index (χ2v) is 6.46. The lowest BCUT2D eigenvalue weighted by atomic mass is 10.1. The minimum atomic E-state index is 0.903. The number of fused-ring (bicyclic) bond motifs is 4. The van der Waals surface area contributed by atoms with Crippen LogP contribution in [0.25, 0.3) is 42.6 Å². The predicted octanol–water partition coefficient (Wildman–Crippen LogP) is 5.06. The lowest BCUT2D eigenvalue weighted by Gasteiger charge is -2.06. The molecule has 0 saturated heterocycles. The zero-order chi connectivity index (χ0) is 15.2. The van der Waals surface area contributed by atoms with Gasteiger partial charge in [0.05, 0.1) is 21.4 Å². The third kappa shape index (κ3) is 1.92. The summed E-state index contributed by atoms with van der Waals surface area (Å²) < 4.78 is 1.26. The van der Waals surface area contributed by atoms with Crippen LogP contribution >= 0.6 is 11.3 Å². The molecule has 0 N–H and O–H groups in total. The first-order valence-electron chi connectivity index (χ1n) is 7.38. The first-order valence-corrected chi connectivity index (χ1v) is 8.20. The average molecular weight is 313 g/mol. The van der Waals surface area contributed by atoms with Crippen molar-refractivity contribution in [1.29, 1.82) is 0 Å². The van der Waals surface area contributed by atoms with Gasteiger partial charge in [-0.3, -0.25) is 9.97 Å². The number of hydrogen-bond donors (Lipinski definition) is 0. The van der Waals surface area contributed by atoms with E-state index in [1.165, 1.54) is 10.1 Å². The van der Waals surface area contributed by atoms with Gasteiger partial charge in [-0.2, -0.15) is 0 Å². The van der Waals surface area contributed by atoms with E-state index in [4.69, 9.17) is 4.98 Å². The summed E-state index contributed by atoms with van der Waals surface area (Å²) in [5.74, 6) is 0. The van der Waals surface area contributed by atoms with E-state index >= 15 is 0 Å². The molecule has 5 aromatic rings. The van der Waals surface area contributed by atoms with Crippen molar-refractivity contribution in [3.63, 3.8) is 0 Å². The van der Waals surface area contributed by atoms with Crippen LogP contribution in [-0.2, 0) is 0 Å². The predicted molar refractivity (Wildman–Crippen MR) is 95.7 cm³/mol. The molecule has 0 amide bonds. The van der Waals surface area contributed by atoms with E-state index in [0.29, 0.717) is 0 Å². The maximum absolute atomic E-state index is 4.85. The molecule has 1 aromatic carbocycles. The third-order valence-corrected chi connectivity index (χ3v) is 5.09. The topological polar surface area (TPSA) is 38.7 Å². The molecule has 0 aliphatic rings. The second-order valence-electron chi connectivity index (χ2n) is 5.38. The monoisotopic (exact) mass is 313 g/mol. The molecule has 0 unspecified atom stereocenters. The minimum absolute atomic E-state index is 0.903.